The van der Waals surface area contributed by atoms with E-state index in [-0.39, 0.29) is 11.6 Å². The zero-order valence-electron chi connectivity index (χ0n) is 7.59. The Labute approximate surface area is 90.8 Å². The molecule has 0 unspecified atom stereocenters. The number of allylic oxidation sites excluding steroid dienone is 1. The Kier molecular flexibility index (Phi) is 4.01. The molecule has 0 saturated carbocycles. The molecule has 0 fully saturated rings. The molecule has 0 aliphatic heterocycles. The predicted molar refractivity (Wildman–Crippen MR) is 57.9 cm³/mol. The fourth-order valence-electron chi connectivity index (χ4n) is 1.05. The SMILES string of the molecule is C=CCCC(=O)c1ccc(F)c(Br)c1. The zero-order chi connectivity index (χ0) is 10.6. The Morgan fingerprint density at radius 2 is 2.29 bits per heavy atom. The van der Waals surface area contributed by atoms with Crippen molar-refractivity contribution in [1.82, 2.24) is 0 Å². The molecular formula is C11H10BrFO. The number of hydrogen-bond donors (Lipinski definition) is 0. The third-order valence-electron chi connectivity index (χ3n) is 1.82. The number of benzene rings is 1. The van der Waals surface area contributed by atoms with Gasteiger partial charge in [0.1, 0.15) is 5.82 Å². The molecule has 0 aliphatic carbocycles. The molecule has 0 N–H and O–H groups in total. The highest BCUT2D eigenvalue weighted by molar-refractivity contribution is 9.10. The average molecular weight is 257 g/mol. The lowest BCUT2D eigenvalue weighted by molar-refractivity contribution is 0.0983. The van der Waals surface area contributed by atoms with Crippen LogP contribution in [0.15, 0.2) is 35.3 Å². The number of halogens is 2. The molecule has 0 spiro atoms. The molecule has 0 bridgehead atoms. The maximum atomic E-state index is 12.8. The summed E-state index contributed by atoms with van der Waals surface area (Å²) in [6.45, 7) is 3.54. The van der Waals surface area contributed by atoms with Crippen molar-refractivity contribution in [3.05, 3.63) is 46.7 Å². The van der Waals surface area contributed by atoms with Crippen LogP contribution in [0.5, 0.6) is 0 Å². The van der Waals surface area contributed by atoms with Gasteiger partial charge in [0.2, 0.25) is 0 Å². The maximum Gasteiger partial charge on any atom is 0.163 e. The van der Waals surface area contributed by atoms with Crippen LogP contribution < -0.4 is 0 Å². The summed E-state index contributed by atoms with van der Waals surface area (Å²) >= 11 is 3.04. The maximum absolute atomic E-state index is 12.8. The fraction of sp³-hybridized carbons (Fsp3) is 0.182. The standard InChI is InChI=1S/C11H10BrFO/c1-2-3-4-11(14)8-5-6-10(13)9(12)7-8/h2,5-7H,1,3-4H2. The molecule has 1 aromatic carbocycles. The van der Waals surface area contributed by atoms with Crippen LogP contribution in [0.25, 0.3) is 0 Å². The summed E-state index contributed by atoms with van der Waals surface area (Å²) in [4.78, 5) is 11.5. The Balaban J connectivity index is 2.80. The minimum atomic E-state index is -0.356. The van der Waals surface area contributed by atoms with Crippen LogP contribution in [0.3, 0.4) is 0 Å². The first-order chi connectivity index (χ1) is 6.65. The van der Waals surface area contributed by atoms with Gasteiger partial charge in [0.25, 0.3) is 0 Å². The average Bonchev–Trinajstić information content (AvgIpc) is 2.18. The second-order valence-electron chi connectivity index (χ2n) is 2.88. The van der Waals surface area contributed by atoms with Crippen molar-refractivity contribution in [2.75, 3.05) is 0 Å². The third kappa shape index (κ3) is 2.77. The second kappa shape index (κ2) is 5.05. The van der Waals surface area contributed by atoms with Crippen LogP contribution in [-0.4, -0.2) is 5.78 Å². The topological polar surface area (TPSA) is 17.1 Å². The minimum Gasteiger partial charge on any atom is -0.294 e. The molecule has 14 heavy (non-hydrogen) atoms. The van der Waals surface area contributed by atoms with E-state index in [1.54, 1.807) is 6.08 Å². The highest BCUT2D eigenvalue weighted by Gasteiger charge is 2.07. The Morgan fingerprint density at radius 1 is 1.57 bits per heavy atom. The lowest BCUT2D eigenvalue weighted by Crippen LogP contribution is -1.98. The number of carbonyl (C=O) groups excluding carboxylic acids is 1. The van der Waals surface area contributed by atoms with E-state index in [0.29, 0.717) is 22.9 Å². The number of ketones is 1. The molecule has 3 heteroatoms. The van der Waals surface area contributed by atoms with Crippen molar-refractivity contribution >= 4 is 21.7 Å². The van der Waals surface area contributed by atoms with Gasteiger partial charge in [0.05, 0.1) is 4.47 Å². The summed E-state index contributed by atoms with van der Waals surface area (Å²) in [6.07, 6.45) is 2.76. The van der Waals surface area contributed by atoms with E-state index in [1.807, 2.05) is 0 Å². The molecular weight excluding hydrogens is 247 g/mol. The molecule has 0 aliphatic rings. The van der Waals surface area contributed by atoms with E-state index in [0.717, 1.165) is 0 Å². The summed E-state index contributed by atoms with van der Waals surface area (Å²) < 4.78 is 13.2. The van der Waals surface area contributed by atoms with Crippen LogP contribution in [0.4, 0.5) is 4.39 Å². The predicted octanol–water partition coefficient (Wildman–Crippen LogP) is 3.74. The quantitative estimate of drug-likeness (QED) is 0.593. The van der Waals surface area contributed by atoms with E-state index < -0.39 is 0 Å². The second-order valence-corrected chi connectivity index (χ2v) is 3.73. The molecule has 0 radical (unpaired) electrons. The van der Waals surface area contributed by atoms with E-state index in [1.165, 1.54) is 18.2 Å². The van der Waals surface area contributed by atoms with Crippen LogP contribution >= 0.6 is 15.9 Å². The summed E-state index contributed by atoms with van der Waals surface area (Å²) in [5, 5.41) is 0. The van der Waals surface area contributed by atoms with E-state index in [4.69, 9.17) is 0 Å². The molecule has 0 amide bonds. The summed E-state index contributed by atoms with van der Waals surface area (Å²) in [5.41, 5.74) is 0.528. The minimum absolute atomic E-state index is 0.00519. The zero-order valence-corrected chi connectivity index (χ0v) is 9.18. The van der Waals surface area contributed by atoms with Crippen molar-refractivity contribution in [2.45, 2.75) is 12.8 Å². The molecule has 0 aromatic heterocycles. The molecule has 74 valence electrons. The molecule has 0 atom stereocenters. The Morgan fingerprint density at radius 3 is 2.86 bits per heavy atom. The number of Topliss-reactive ketones (excluding diaryl/α,β-unsaturated/α-hetero) is 1. The van der Waals surface area contributed by atoms with Crippen LogP contribution in [0.2, 0.25) is 0 Å². The first-order valence-corrected chi connectivity index (χ1v) is 5.03. The number of hydrogen-bond acceptors (Lipinski definition) is 1. The largest absolute Gasteiger partial charge is 0.294 e. The van der Waals surface area contributed by atoms with Crippen molar-refractivity contribution in [2.24, 2.45) is 0 Å². The lowest BCUT2D eigenvalue weighted by atomic mass is 10.1. The van der Waals surface area contributed by atoms with Gasteiger partial charge in [-0.05, 0) is 40.5 Å². The van der Waals surface area contributed by atoms with Crippen LogP contribution in [-0.2, 0) is 0 Å². The lowest BCUT2D eigenvalue weighted by Gasteiger charge is -2.00. The van der Waals surface area contributed by atoms with Gasteiger partial charge in [0, 0.05) is 12.0 Å². The Hall–Kier alpha value is -0.960. The monoisotopic (exact) mass is 256 g/mol. The normalized spacial score (nSPS) is 9.86. The van der Waals surface area contributed by atoms with Crippen molar-refractivity contribution in [1.29, 1.82) is 0 Å². The van der Waals surface area contributed by atoms with E-state index >= 15 is 0 Å². The van der Waals surface area contributed by atoms with Gasteiger partial charge in [-0.1, -0.05) is 6.08 Å². The molecule has 1 rings (SSSR count). The number of carbonyl (C=O) groups is 1. The smallest absolute Gasteiger partial charge is 0.163 e. The first-order valence-electron chi connectivity index (χ1n) is 4.24. The summed E-state index contributed by atoms with van der Waals surface area (Å²) in [5.74, 6) is -0.351. The van der Waals surface area contributed by atoms with Crippen LogP contribution in [0.1, 0.15) is 23.2 Å². The van der Waals surface area contributed by atoms with Crippen molar-refractivity contribution < 1.29 is 9.18 Å². The van der Waals surface area contributed by atoms with Crippen molar-refractivity contribution in [3.63, 3.8) is 0 Å². The summed E-state index contributed by atoms with van der Waals surface area (Å²) in [7, 11) is 0. The fourth-order valence-corrected chi connectivity index (χ4v) is 1.43. The van der Waals surface area contributed by atoms with Gasteiger partial charge in [-0.15, -0.1) is 6.58 Å². The van der Waals surface area contributed by atoms with Gasteiger partial charge in [-0.25, -0.2) is 4.39 Å². The summed E-state index contributed by atoms with van der Waals surface area (Å²) in [6, 6.07) is 4.28. The molecule has 1 nitrogen and oxygen atoms in total. The Bertz CT molecular complexity index is 360. The van der Waals surface area contributed by atoms with Gasteiger partial charge in [-0.3, -0.25) is 4.79 Å². The van der Waals surface area contributed by atoms with E-state index in [2.05, 4.69) is 22.5 Å². The first kappa shape index (κ1) is 11.1. The van der Waals surface area contributed by atoms with Gasteiger partial charge in [-0.2, -0.15) is 0 Å². The number of rotatable bonds is 4. The molecule has 1 aromatic rings. The van der Waals surface area contributed by atoms with Crippen LogP contribution in [0, 0.1) is 5.82 Å². The molecule has 0 saturated heterocycles. The third-order valence-corrected chi connectivity index (χ3v) is 2.42. The van der Waals surface area contributed by atoms with Gasteiger partial charge in [0.15, 0.2) is 5.78 Å². The van der Waals surface area contributed by atoms with Crippen molar-refractivity contribution in [3.8, 4) is 0 Å². The highest BCUT2D eigenvalue weighted by Crippen LogP contribution is 2.18. The van der Waals surface area contributed by atoms with Gasteiger partial charge >= 0.3 is 0 Å². The van der Waals surface area contributed by atoms with E-state index in [9.17, 15) is 9.18 Å². The van der Waals surface area contributed by atoms with Gasteiger partial charge < -0.3 is 0 Å². The molecule has 0 heterocycles. The highest BCUT2D eigenvalue weighted by atomic mass is 79.9.